The number of carbonyl (C=O) groups excluding carboxylic acids is 1. The maximum absolute atomic E-state index is 11.1. The molecule has 8 heteroatoms. The average Bonchev–Trinajstić information content (AvgIpc) is 3.30. The summed E-state index contributed by atoms with van der Waals surface area (Å²) in [6.07, 6.45) is 1.91. The molecule has 1 amide bonds. The highest BCUT2D eigenvalue weighted by molar-refractivity contribution is 14.0. The van der Waals surface area contributed by atoms with Crippen LogP contribution in [0.25, 0.3) is 0 Å². The number of nitrogens with zero attached hydrogens (tertiary/aromatic N) is 1. The normalized spacial score (nSPS) is 15.5. The molecular formula is C25H35IN4O3. The number of ether oxygens (including phenoxy) is 2. The molecule has 7 nitrogen and oxygen atoms in total. The van der Waals surface area contributed by atoms with Gasteiger partial charge in [-0.2, -0.15) is 0 Å². The van der Waals surface area contributed by atoms with Crippen LogP contribution in [0.5, 0.6) is 5.75 Å². The van der Waals surface area contributed by atoms with E-state index in [9.17, 15) is 4.79 Å². The van der Waals surface area contributed by atoms with Gasteiger partial charge in [-0.25, -0.2) is 0 Å². The minimum atomic E-state index is -0.0658. The van der Waals surface area contributed by atoms with Crippen molar-refractivity contribution in [3.05, 3.63) is 59.2 Å². The van der Waals surface area contributed by atoms with Crippen LogP contribution in [0.2, 0.25) is 0 Å². The van der Waals surface area contributed by atoms with E-state index in [0.717, 1.165) is 55.6 Å². The number of halogens is 1. The van der Waals surface area contributed by atoms with E-state index in [2.05, 4.69) is 46.1 Å². The Morgan fingerprint density at radius 3 is 2.64 bits per heavy atom. The molecule has 33 heavy (non-hydrogen) atoms. The Bertz CT molecular complexity index is 912. The van der Waals surface area contributed by atoms with Crippen LogP contribution < -0.4 is 20.7 Å². The van der Waals surface area contributed by atoms with Crippen LogP contribution in [0.1, 0.15) is 30.0 Å². The van der Waals surface area contributed by atoms with Crippen LogP contribution in [-0.2, 0) is 22.5 Å². The van der Waals surface area contributed by atoms with Crippen molar-refractivity contribution >= 4 is 41.5 Å². The monoisotopic (exact) mass is 566 g/mol. The predicted molar refractivity (Wildman–Crippen MR) is 144 cm³/mol. The zero-order valence-electron chi connectivity index (χ0n) is 19.6. The second-order valence-corrected chi connectivity index (χ2v) is 8.13. The minimum absolute atomic E-state index is 0. The first-order valence-corrected chi connectivity index (χ1v) is 11.1. The second-order valence-electron chi connectivity index (χ2n) is 8.13. The van der Waals surface area contributed by atoms with E-state index in [0.29, 0.717) is 19.1 Å². The lowest BCUT2D eigenvalue weighted by Crippen LogP contribution is -2.38. The third-order valence-corrected chi connectivity index (χ3v) is 5.37. The molecule has 0 bridgehead atoms. The molecule has 1 atom stereocenters. The van der Waals surface area contributed by atoms with Gasteiger partial charge in [0.2, 0.25) is 5.91 Å². The smallest absolute Gasteiger partial charge is 0.221 e. The first-order valence-electron chi connectivity index (χ1n) is 11.1. The molecule has 1 unspecified atom stereocenters. The lowest BCUT2D eigenvalue weighted by atomic mass is 10.1. The lowest BCUT2D eigenvalue weighted by Gasteiger charge is -2.17. The molecule has 1 heterocycles. The number of anilines is 1. The van der Waals surface area contributed by atoms with Crippen molar-refractivity contribution in [1.82, 2.24) is 10.6 Å². The largest absolute Gasteiger partial charge is 0.493 e. The van der Waals surface area contributed by atoms with E-state index in [-0.39, 0.29) is 29.9 Å². The topological polar surface area (TPSA) is 84.0 Å². The second kappa shape index (κ2) is 14.0. The number of hydrogen-bond acceptors (Lipinski definition) is 4. The van der Waals surface area contributed by atoms with Crippen LogP contribution in [0.4, 0.5) is 5.69 Å². The van der Waals surface area contributed by atoms with Crippen molar-refractivity contribution < 1.29 is 14.3 Å². The molecule has 1 fully saturated rings. The van der Waals surface area contributed by atoms with Gasteiger partial charge in [-0.3, -0.25) is 9.79 Å². The number of aliphatic imine (C=N–C) groups is 1. The van der Waals surface area contributed by atoms with Gasteiger partial charge in [-0.15, -0.1) is 24.0 Å². The molecule has 0 spiro atoms. The Morgan fingerprint density at radius 2 is 1.97 bits per heavy atom. The summed E-state index contributed by atoms with van der Waals surface area (Å²) in [5.41, 5.74) is 4.28. The van der Waals surface area contributed by atoms with Gasteiger partial charge in [0.1, 0.15) is 5.75 Å². The van der Waals surface area contributed by atoms with Crippen LogP contribution in [0.15, 0.2) is 47.5 Å². The van der Waals surface area contributed by atoms with Gasteiger partial charge in [0.25, 0.3) is 0 Å². The lowest BCUT2D eigenvalue weighted by molar-refractivity contribution is -0.114. The zero-order chi connectivity index (χ0) is 22.8. The molecule has 3 N–H and O–H groups in total. The van der Waals surface area contributed by atoms with Gasteiger partial charge in [0.15, 0.2) is 5.96 Å². The van der Waals surface area contributed by atoms with Crippen molar-refractivity contribution in [1.29, 1.82) is 0 Å². The number of guanidine groups is 1. The highest BCUT2D eigenvalue weighted by Crippen LogP contribution is 2.22. The Labute approximate surface area is 213 Å². The van der Waals surface area contributed by atoms with Crippen LogP contribution >= 0.6 is 24.0 Å². The molecule has 1 aliphatic heterocycles. The Balaban J connectivity index is 0.00000385. The average molecular weight is 566 g/mol. The molecule has 1 aliphatic rings. The van der Waals surface area contributed by atoms with E-state index in [1.165, 1.54) is 18.1 Å². The standard InChI is InChI=1S/C25H34N4O3.HI/c1-18-4-7-22(24(14-18)32-17-21-11-13-31-16-21)15-28-25(26-3)27-12-10-20-5-8-23(9-6-20)29-19(2)30;/h4-9,14,21H,10-13,15-17H2,1-3H3,(H,29,30)(H2,26,27,28);1H. The quantitative estimate of drug-likeness (QED) is 0.244. The molecule has 180 valence electrons. The summed E-state index contributed by atoms with van der Waals surface area (Å²) in [7, 11) is 1.77. The summed E-state index contributed by atoms with van der Waals surface area (Å²) in [5.74, 6) is 2.07. The minimum Gasteiger partial charge on any atom is -0.493 e. The van der Waals surface area contributed by atoms with Crippen LogP contribution in [0.3, 0.4) is 0 Å². The molecular weight excluding hydrogens is 531 g/mol. The van der Waals surface area contributed by atoms with Gasteiger partial charge in [-0.05, 0) is 49.1 Å². The van der Waals surface area contributed by atoms with E-state index in [4.69, 9.17) is 9.47 Å². The van der Waals surface area contributed by atoms with E-state index in [1.807, 2.05) is 24.3 Å². The summed E-state index contributed by atoms with van der Waals surface area (Å²) in [6.45, 7) is 7.26. The zero-order valence-corrected chi connectivity index (χ0v) is 22.0. The molecule has 0 aliphatic carbocycles. The van der Waals surface area contributed by atoms with Crippen molar-refractivity contribution in [2.75, 3.05) is 38.7 Å². The van der Waals surface area contributed by atoms with E-state index >= 15 is 0 Å². The van der Waals surface area contributed by atoms with Gasteiger partial charge < -0.3 is 25.4 Å². The Hall–Kier alpha value is -2.33. The number of benzene rings is 2. The first kappa shape index (κ1) is 26.9. The molecule has 3 rings (SSSR count). The number of nitrogens with one attached hydrogen (secondary N) is 3. The fraction of sp³-hybridized carbons (Fsp3) is 0.440. The molecule has 0 saturated carbocycles. The maximum Gasteiger partial charge on any atom is 0.221 e. The molecule has 2 aromatic carbocycles. The summed E-state index contributed by atoms with van der Waals surface area (Å²) < 4.78 is 11.6. The summed E-state index contributed by atoms with van der Waals surface area (Å²) in [5, 5.41) is 9.51. The summed E-state index contributed by atoms with van der Waals surface area (Å²) >= 11 is 0. The SMILES string of the molecule is CN=C(NCCc1ccc(NC(C)=O)cc1)NCc1ccc(C)cc1OCC1CCOC1.I. The number of amides is 1. The first-order chi connectivity index (χ1) is 15.5. The van der Waals surface area contributed by atoms with Crippen molar-refractivity contribution in [2.24, 2.45) is 10.9 Å². The third-order valence-electron chi connectivity index (χ3n) is 5.37. The Kier molecular flexibility index (Phi) is 11.5. The Morgan fingerprint density at radius 1 is 1.18 bits per heavy atom. The highest BCUT2D eigenvalue weighted by atomic mass is 127. The van der Waals surface area contributed by atoms with Gasteiger partial charge in [0.05, 0.1) is 13.2 Å². The number of rotatable bonds is 9. The van der Waals surface area contributed by atoms with Crippen molar-refractivity contribution in [2.45, 2.75) is 33.2 Å². The van der Waals surface area contributed by atoms with Crippen LogP contribution in [0, 0.1) is 12.8 Å². The van der Waals surface area contributed by atoms with Crippen molar-refractivity contribution in [3.63, 3.8) is 0 Å². The van der Waals surface area contributed by atoms with E-state index < -0.39 is 0 Å². The summed E-state index contributed by atoms with van der Waals surface area (Å²) in [6, 6.07) is 14.2. The number of hydrogen-bond donors (Lipinski definition) is 3. The summed E-state index contributed by atoms with van der Waals surface area (Å²) in [4.78, 5) is 15.4. The predicted octanol–water partition coefficient (Wildman–Crippen LogP) is 3.89. The van der Waals surface area contributed by atoms with E-state index in [1.54, 1.807) is 7.05 Å². The molecule has 1 saturated heterocycles. The fourth-order valence-corrected chi connectivity index (χ4v) is 3.55. The number of aryl methyl sites for hydroxylation is 1. The molecule has 0 radical (unpaired) electrons. The third kappa shape index (κ3) is 9.21. The molecule has 0 aromatic heterocycles. The highest BCUT2D eigenvalue weighted by Gasteiger charge is 2.17. The maximum atomic E-state index is 11.1. The molecule has 2 aromatic rings. The number of carbonyl (C=O) groups is 1. The van der Waals surface area contributed by atoms with Gasteiger partial charge in [0, 0.05) is 50.8 Å². The van der Waals surface area contributed by atoms with Gasteiger partial charge >= 0.3 is 0 Å². The fourth-order valence-electron chi connectivity index (χ4n) is 3.55. The van der Waals surface area contributed by atoms with Crippen LogP contribution in [-0.4, -0.2) is 45.3 Å². The van der Waals surface area contributed by atoms with Crippen molar-refractivity contribution in [3.8, 4) is 5.75 Å². The van der Waals surface area contributed by atoms with Gasteiger partial charge in [-0.1, -0.05) is 24.3 Å².